The molecule has 1 aromatic rings. The maximum absolute atomic E-state index is 12.4. The second-order valence-corrected chi connectivity index (χ2v) is 4.41. The molecule has 0 aliphatic carbocycles. The van der Waals surface area contributed by atoms with E-state index in [1.54, 1.807) is 18.9 Å². The number of benzene rings is 1. The van der Waals surface area contributed by atoms with E-state index in [1.807, 2.05) is 37.3 Å². The Morgan fingerprint density at radius 1 is 1.26 bits per heavy atom. The number of hydrogen-bond acceptors (Lipinski definition) is 2. The van der Waals surface area contributed by atoms with Crippen LogP contribution in [0.5, 0.6) is 0 Å². The Morgan fingerprint density at radius 3 is 2.32 bits per heavy atom. The zero-order valence-electron chi connectivity index (χ0n) is 11.5. The average Bonchev–Trinajstić information content (AvgIpc) is 2.38. The van der Waals surface area contributed by atoms with Gasteiger partial charge >= 0.3 is 12.0 Å². The molecule has 0 saturated heterocycles. The van der Waals surface area contributed by atoms with E-state index in [0.717, 1.165) is 5.69 Å². The van der Waals surface area contributed by atoms with Crippen molar-refractivity contribution in [1.29, 1.82) is 0 Å². The van der Waals surface area contributed by atoms with Crippen LogP contribution < -0.4 is 4.90 Å². The Kier molecular flexibility index (Phi) is 5.36. The maximum Gasteiger partial charge on any atom is 0.324 e. The highest BCUT2D eigenvalue weighted by molar-refractivity contribution is 5.91. The summed E-state index contributed by atoms with van der Waals surface area (Å²) in [6.45, 7) is 4.06. The van der Waals surface area contributed by atoms with Crippen molar-refractivity contribution in [3.05, 3.63) is 30.3 Å². The Hall–Kier alpha value is -2.04. The Balaban J connectivity index is 2.81. The van der Waals surface area contributed by atoms with Crippen molar-refractivity contribution in [2.24, 2.45) is 0 Å². The zero-order chi connectivity index (χ0) is 14.4. The average molecular weight is 264 g/mol. The number of rotatable bonds is 5. The van der Waals surface area contributed by atoms with Crippen LogP contribution in [0.25, 0.3) is 0 Å². The molecule has 0 aliphatic heterocycles. The number of aliphatic carboxylic acids is 1. The van der Waals surface area contributed by atoms with Crippen LogP contribution in [0.4, 0.5) is 10.5 Å². The van der Waals surface area contributed by atoms with Crippen molar-refractivity contribution in [3.8, 4) is 0 Å². The summed E-state index contributed by atoms with van der Waals surface area (Å²) in [4.78, 5) is 26.2. The molecule has 1 aromatic carbocycles. The van der Waals surface area contributed by atoms with Crippen LogP contribution in [0.1, 0.15) is 20.3 Å². The van der Waals surface area contributed by atoms with Gasteiger partial charge in [0.25, 0.3) is 0 Å². The first-order valence-electron chi connectivity index (χ1n) is 6.28. The number of nitrogens with zero attached hydrogens (tertiary/aromatic N) is 2. The van der Waals surface area contributed by atoms with Gasteiger partial charge in [0, 0.05) is 25.3 Å². The molecule has 104 valence electrons. The van der Waals surface area contributed by atoms with Crippen LogP contribution in [0.2, 0.25) is 0 Å². The fourth-order valence-corrected chi connectivity index (χ4v) is 1.95. The van der Waals surface area contributed by atoms with Crippen molar-refractivity contribution in [2.45, 2.75) is 26.3 Å². The van der Waals surface area contributed by atoms with E-state index in [4.69, 9.17) is 5.11 Å². The number of para-hydroxylation sites is 1. The summed E-state index contributed by atoms with van der Waals surface area (Å²) < 4.78 is 0. The molecule has 5 nitrogen and oxygen atoms in total. The van der Waals surface area contributed by atoms with Gasteiger partial charge in [-0.2, -0.15) is 0 Å². The quantitative estimate of drug-likeness (QED) is 0.888. The van der Waals surface area contributed by atoms with Crippen molar-refractivity contribution in [3.63, 3.8) is 0 Å². The lowest BCUT2D eigenvalue weighted by molar-refractivity contribution is -0.138. The van der Waals surface area contributed by atoms with Gasteiger partial charge < -0.3 is 10.0 Å². The van der Waals surface area contributed by atoms with E-state index < -0.39 is 5.97 Å². The third-order valence-electron chi connectivity index (χ3n) is 3.02. The van der Waals surface area contributed by atoms with Crippen LogP contribution in [-0.2, 0) is 4.79 Å². The molecule has 0 aromatic heterocycles. The lowest BCUT2D eigenvalue weighted by atomic mass is 10.2. The number of hydrogen-bond donors (Lipinski definition) is 1. The van der Waals surface area contributed by atoms with E-state index in [0.29, 0.717) is 6.54 Å². The molecule has 1 unspecified atom stereocenters. The largest absolute Gasteiger partial charge is 0.481 e. The molecule has 0 heterocycles. The molecule has 1 N–H and O–H groups in total. The third-order valence-corrected chi connectivity index (χ3v) is 3.02. The van der Waals surface area contributed by atoms with Gasteiger partial charge in [0.05, 0.1) is 6.42 Å². The first-order chi connectivity index (χ1) is 8.97. The summed E-state index contributed by atoms with van der Waals surface area (Å²) in [5.41, 5.74) is 0.786. The molecule has 5 heteroatoms. The van der Waals surface area contributed by atoms with E-state index >= 15 is 0 Å². The predicted octanol–water partition coefficient (Wildman–Crippen LogP) is 2.43. The normalized spacial score (nSPS) is 11.7. The standard InChI is InChI=1S/C14H20N2O3/c1-4-16(11(2)10-13(17)18)14(19)15(3)12-8-6-5-7-9-12/h5-9,11H,4,10H2,1-3H3,(H,17,18). The molecule has 2 amide bonds. The summed E-state index contributed by atoms with van der Waals surface area (Å²) in [6, 6.07) is 8.75. The highest BCUT2D eigenvalue weighted by Gasteiger charge is 2.24. The van der Waals surface area contributed by atoms with Gasteiger partial charge in [-0.3, -0.25) is 9.69 Å². The molecule has 0 radical (unpaired) electrons. The van der Waals surface area contributed by atoms with E-state index in [2.05, 4.69) is 0 Å². The van der Waals surface area contributed by atoms with Gasteiger partial charge in [-0.1, -0.05) is 18.2 Å². The smallest absolute Gasteiger partial charge is 0.324 e. The lowest BCUT2D eigenvalue weighted by Crippen LogP contribution is -2.46. The number of carboxylic acid groups (broad SMARTS) is 1. The number of anilines is 1. The maximum atomic E-state index is 12.4. The minimum atomic E-state index is -0.902. The number of carbonyl (C=O) groups is 2. The van der Waals surface area contributed by atoms with Crippen molar-refractivity contribution < 1.29 is 14.7 Å². The minimum absolute atomic E-state index is 0.0534. The lowest BCUT2D eigenvalue weighted by Gasteiger charge is -2.31. The molecule has 0 spiro atoms. The van der Waals surface area contributed by atoms with Crippen LogP contribution in [0, 0.1) is 0 Å². The summed E-state index contributed by atoms with van der Waals surface area (Å²) in [7, 11) is 1.69. The van der Waals surface area contributed by atoms with Gasteiger partial charge in [0.2, 0.25) is 0 Å². The topological polar surface area (TPSA) is 60.9 Å². The Morgan fingerprint density at radius 2 is 1.84 bits per heavy atom. The molecule has 0 fully saturated rings. The van der Waals surface area contributed by atoms with Gasteiger partial charge in [-0.05, 0) is 26.0 Å². The highest BCUT2D eigenvalue weighted by Crippen LogP contribution is 2.15. The minimum Gasteiger partial charge on any atom is -0.481 e. The number of amides is 2. The molecular weight excluding hydrogens is 244 g/mol. The first-order valence-corrected chi connectivity index (χ1v) is 6.28. The Labute approximate surface area is 113 Å². The molecule has 1 rings (SSSR count). The highest BCUT2D eigenvalue weighted by atomic mass is 16.4. The molecular formula is C14H20N2O3. The van der Waals surface area contributed by atoms with Crippen molar-refractivity contribution >= 4 is 17.7 Å². The molecule has 0 saturated carbocycles. The Bertz CT molecular complexity index is 434. The second-order valence-electron chi connectivity index (χ2n) is 4.41. The van der Waals surface area contributed by atoms with Gasteiger partial charge in [-0.15, -0.1) is 0 Å². The molecule has 1 atom stereocenters. The van der Waals surface area contributed by atoms with Crippen LogP contribution in [0.15, 0.2) is 30.3 Å². The predicted molar refractivity (Wildman–Crippen MR) is 74.3 cm³/mol. The summed E-state index contributed by atoms with van der Waals surface area (Å²) in [6.07, 6.45) is -0.0534. The third kappa shape index (κ3) is 3.98. The van der Waals surface area contributed by atoms with Gasteiger partial charge in [-0.25, -0.2) is 4.79 Å². The van der Waals surface area contributed by atoms with Crippen molar-refractivity contribution in [2.75, 3.05) is 18.5 Å². The van der Waals surface area contributed by atoms with Gasteiger partial charge in [0.15, 0.2) is 0 Å². The van der Waals surface area contributed by atoms with Gasteiger partial charge in [0.1, 0.15) is 0 Å². The summed E-state index contributed by atoms with van der Waals surface area (Å²) in [5.74, 6) is -0.902. The van der Waals surface area contributed by atoms with E-state index in [9.17, 15) is 9.59 Å². The SMILES string of the molecule is CCN(C(=O)N(C)c1ccccc1)C(C)CC(=O)O. The summed E-state index contributed by atoms with van der Waals surface area (Å²) in [5, 5.41) is 8.81. The number of urea groups is 1. The number of carboxylic acids is 1. The van der Waals surface area contributed by atoms with Crippen LogP contribution >= 0.6 is 0 Å². The summed E-state index contributed by atoms with van der Waals surface area (Å²) >= 11 is 0. The zero-order valence-corrected chi connectivity index (χ0v) is 11.5. The fourth-order valence-electron chi connectivity index (χ4n) is 1.95. The molecule has 0 bridgehead atoms. The van der Waals surface area contributed by atoms with E-state index in [-0.39, 0.29) is 18.5 Å². The number of carbonyl (C=O) groups excluding carboxylic acids is 1. The van der Waals surface area contributed by atoms with Crippen molar-refractivity contribution in [1.82, 2.24) is 4.90 Å². The first kappa shape index (κ1) is 15.0. The van der Waals surface area contributed by atoms with E-state index in [1.165, 1.54) is 4.90 Å². The van der Waals surface area contributed by atoms with Crippen LogP contribution in [0.3, 0.4) is 0 Å². The monoisotopic (exact) mass is 264 g/mol. The fraction of sp³-hybridized carbons (Fsp3) is 0.429. The molecule has 19 heavy (non-hydrogen) atoms. The second kappa shape index (κ2) is 6.78. The van der Waals surface area contributed by atoms with Crippen LogP contribution in [-0.4, -0.2) is 41.6 Å². The molecule has 0 aliphatic rings.